The van der Waals surface area contributed by atoms with Gasteiger partial charge in [-0.15, -0.1) is 0 Å². The van der Waals surface area contributed by atoms with E-state index in [0.717, 1.165) is 25.1 Å². The molecule has 1 saturated heterocycles. The van der Waals surface area contributed by atoms with Gasteiger partial charge in [-0.1, -0.05) is 6.58 Å². The average Bonchev–Trinajstić information content (AvgIpc) is 1.77. The predicted molar refractivity (Wildman–Crippen MR) is 32.1 cm³/mol. The molecule has 1 heterocycles. The molecule has 0 bridgehead atoms. The number of hydrogen-bond acceptors (Lipinski definition) is 2. The van der Waals surface area contributed by atoms with Gasteiger partial charge in [0.25, 0.3) is 0 Å². The van der Waals surface area contributed by atoms with Gasteiger partial charge in [-0.25, -0.2) is 0 Å². The summed E-state index contributed by atoms with van der Waals surface area (Å²) in [6.07, 6.45) is 2.19. The minimum Gasteiger partial charge on any atom is -0.274 e. The van der Waals surface area contributed by atoms with E-state index in [0.29, 0.717) is 0 Å². The zero-order chi connectivity index (χ0) is 5.98. The third-order valence-corrected chi connectivity index (χ3v) is 1.34. The van der Waals surface area contributed by atoms with Gasteiger partial charge in [0.15, 0.2) is 0 Å². The Morgan fingerprint density at radius 1 is 1.75 bits per heavy atom. The van der Waals surface area contributed by atoms with Crippen LogP contribution in [0, 0.1) is 0 Å². The van der Waals surface area contributed by atoms with Crippen molar-refractivity contribution in [3.8, 4) is 0 Å². The van der Waals surface area contributed by atoms with Crippen LogP contribution in [0.15, 0.2) is 12.3 Å². The summed E-state index contributed by atoms with van der Waals surface area (Å²) in [6.45, 7) is 4.64. The Hall–Kier alpha value is -0.500. The summed E-state index contributed by atoms with van der Waals surface area (Å²) < 4.78 is 0. The second-order valence-corrected chi connectivity index (χ2v) is 2.00. The highest BCUT2D eigenvalue weighted by Gasteiger charge is 2.07. The van der Waals surface area contributed by atoms with Crippen LogP contribution in [0.5, 0.6) is 0 Å². The van der Waals surface area contributed by atoms with Crippen molar-refractivity contribution >= 4 is 0 Å². The smallest absolute Gasteiger partial charge is 0.0752 e. The van der Waals surface area contributed by atoms with E-state index in [-0.39, 0.29) is 0 Å². The topological polar surface area (TPSA) is 12.5 Å². The van der Waals surface area contributed by atoms with Crippen molar-refractivity contribution in [2.24, 2.45) is 0 Å². The van der Waals surface area contributed by atoms with Crippen molar-refractivity contribution in [1.29, 1.82) is 0 Å². The van der Waals surface area contributed by atoms with Gasteiger partial charge in [-0.3, -0.25) is 9.90 Å². The van der Waals surface area contributed by atoms with Crippen molar-refractivity contribution < 1.29 is 4.84 Å². The Labute approximate surface area is 49.7 Å². The van der Waals surface area contributed by atoms with Gasteiger partial charge in [0.2, 0.25) is 0 Å². The molecule has 8 heavy (non-hydrogen) atoms. The maximum absolute atomic E-state index is 5.12. The van der Waals surface area contributed by atoms with Crippen LogP contribution >= 0.6 is 0 Å². The van der Waals surface area contributed by atoms with Gasteiger partial charge >= 0.3 is 0 Å². The van der Waals surface area contributed by atoms with Gasteiger partial charge in [0.05, 0.1) is 6.61 Å². The maximum Gasteiger partial charge on any atom is 0.0752 e. The lowest BCUT2D eigenvalue weighted by Crippen LogP contribution is -2.23. The third-order valence-electron chi connectivity index (χ3n) is 1.34. The van der Waals surface area contributed by atoms with Crippen LogP contribution in [0.4, 0.5) is 0 Å². The van der Waals surface area contributed by atoms with E-state index in [1.165, 1.54) is 0 Å². The van der Waals surface area contributed by atoms with Crippen molar-refractivity contribution in [2.45, 2.75) is 12.8 Å². The molecule has 1 aliphatic rings. The fourth-order valence-electron chi connectivity index (χ4n) is 0.726. The van der Waals surface area contributed by atoms with E-state index in [9.17, 15) is 0 Å². The van der Waals surface area contributed by atoms with Crippen molar-refractivity contribution in [2.75, 3.05) is 13.7 Å². The van der Waals surface area contributed by atoms with Gasteiger partial charge in [0, 0.05) is 12.7 Å². The van der Waals surface area contributed by atoms with Crippen LogP contribution in [0.1, 0.15) is 12.8 Å². The highest BCUT2D eigenvalue weighted by Crippen LogP contribution is 2.12. The normalized spacial score (nSPS) is 21.6. The summed E-state index contributed by atoms with van der Waals surface area (Å²) in [5.74, 6) is 0. The largest absolute Gasteiger partial charge is 0.274 e. The standard InChI is InChI=1S/C6H11NO/c1-6-4-3-5-8-7(6)2/h1,3-5H2,2H3. The molecule has 1 rings (SSSR count). The molecule has 1 aliphatic heterocycles. The van der Waals surface area contributed by atoms with Crippen LogP contribution in [0.2, 0.25) is 0 Å². The van der Waals surface area contributed by atoms with Crippen LogP contribution in [-0.4, -0.2) is 18.7 Å². The lowest BCUT2D eigenvalue weighted by Gasteiger charge is -2.25. The third kappa shape index (κ3) is 1.01. The van der Waals surface area contributed by atoms with Gasteiger partial charge in [-0.2, -0.15) is 0 Å². The Kier molecular flexibility index (Phi) is 1.53. The van der Waals surface area contributed by atoms with Gasteiger partial charge in [0.1, 0.15) is 0 Å². The molecule has 2 nitrogen and oxygen atoms in total. The summed E-state index contributed by atoms with van der Waals surface area (Å²) in [7, 11) is 1.89. The molecular weight excluding hydrogens is 102 g/mol. The first-order valence-corrected chi connectivity index (χ1v) is 2.85. The minimum absolute atomic E-state index is 0.843. The molecular formula is C6H11NO. The van der Waals surface area contributed by atoms with Gasteiger partial charge < -0.3 is 0 Å². The van der Waals surface area contributed by atoms with E-state index in [2.05, 4.69) is 6.58 Å². The summed E-state index contributed by atoms with van der Waals surface area (Å²) in [6, 6.07) is 0. The second kappa shape index (κ2) is 2.18. The molecule has 0 radical (unpaired) electrons. The quantitative estimate of drug-likeness (QED) is 0.467. The van der Waals surface area contributed by atoms with E-state index >= 15 is 0 Å². The van der Waals surface area contributed by atoms with Crippen molar-refractivity contribution in [3.63, 3.8) is 0 Å². The Bertz CT molecular complexity index is 101. The summed E-state index contributed by atoms with van der Waals surface area (Å²) in [5, 5.41) is 1.74. The fourth-order valence-corrected chi connectivity index (χ4v) is 0.726. The average molecular weight is 113 g/mol. The highest BCUT2D eigenvalue weighted by atomic mass is 16.7. The zero-order valence-corrected chi connectivity index (χ0v) is 5.18. The van der Waals surface area contributed by atoms with Crippen LogP contribution in [0.3, 0.4) is 0 Å². The molecule has 0 N–H and O–H groups in total. The van der Waals surface area contributed by atoms with Crippen molar-refractivity contribution in [3.05, 3.63) is 12.3 Å². The molecule has 0 aromatic rings. The molecule has 2 heteroatoms. The molecule has 0 unspecified atom stereocenters. The first-order valence-electron chi connectivity index (χ1n) is 2.85. The summed E-state index contributed by atoms with van der Waals surface area (Å²) in [4.78, 5) is 5.12. The zero-order valence-electron chi connectivity index (χ0n) is 5.18. The van der Waals surface area contributed by atoms with Crippen LogP contribution < -0.4 is 0 Å². The van der Waals surface area contributed by atoms with E-state index < -0.39 is 0 Å². The van der Waals surface area contributed by atoms with Gasteiger partial charge in [-0.05, 0) is 12.8 Å². The number of nitrogens with zero attached hydrogens (tertiary/aromatic N) is 1. The highest BCUT2D eigenvalue weighted by molar-refractivity contribution is 4.90. The molecule has 0 aromatic heterocycles. The van der Waals surface area contributed by atoms with E-state index in [1.54, 1.807) is 5.06 Å². The molecule has 0 spiro atoms. The molecule has 46 valence electrons. The first-order chi connectivity index (χ1) is 3.80. The number of hydroxylamine groups is 2. The maximum atomic E-state index is 5.12. The van der Waals surface area contributed by atoms with Crippen molar-refractivity contribution in [1.82, 2.24) is 5.06 Å². The number of allylic oxidation sites excluding steroid dienone is 1. The molecule has 0 aliphatic carbocycles. The lowest BCUT2D eigenvalue weighted by atomic mass is 10.2. The summed E-state index contributed by atoms with van der Waals surface area (Å²) in [5.41, 5.74) is 1.08. The molecule has 0 amide bonds. The predicted octanol–water partition coefficient (Wildman–Crippen LogP) is 1.16. The molecule has 0 saturated carbocycles. The lowest BCUT2D eigenvalue weighted by molar-refractivity contribution is -0.131. The first kappa shape index (κ1) is 5.63. The monoisotopic (exact) mass is 113 g/mol. The Morgan fingerprint density at radius 2 is 2.50 bits per heavy atom. The molecule has 0 atom stereocenters. The van der Waals surface area contributed by atoms with E-state index in [4.69, 9.17) is 4.84 Å². The number of hydrogen-bond donors (Lipinski definition) is 0. The Balaban J connectivity index is 2.39. The second-order valence-electron chi connectivity index (χ2n) is 2.00. The summed E-state index contributed by atoms with van der Waals surface area (Å²) >= 11 is 0. The molecule has 1 fully saturated rings. The SMILES string of the molecule is C=C1CCCON1C. The van der Waals surface area contributed by atoms with E-state index in [1.807, 2.05) is 7.05 Å². The fraction of sp³-hybridized carbons (Fsp3) is 0.667. The minimum atomic E-state index is 0.843. The van der Waals surface area contributed by atoms with Crippen LogP contribution in [0.25, 0.3) is 0 Å². The van der Waals surface area contributed by atoms with Crippen LogP contribution in [-0.2, 0) is 4.84 Å². The molecule has 0 aromatic carbocycles. The number of rotatable bonds is 0. The Morgan fingerprint density at radius 3 is 2.88 bits per heavy atom.